The number of benzene rings is 1. The van der Waals surface area contributed by atoms with Crippen molar-refractivity contribution < 1.29 is 18.0 Å². The van der Waals surface area contributed by atoms with Crippen LogP contribution in [0, 0.1) is 0 Å². The van der Waals surface area contributed by atoms with Crippen LogP contribution < -0.4 is 5.32 Å². The monoisotopic (exact) mass is 450 g/mol. The maximum absolute atomic E-state index is 13.2. The topological polar surface area (TPSA) is 51.9 Å². The molecule has 1 fully saturated rings. The summed E-state index contributed by atoms with van der Waals surface area (Å²) >= 11 is 5.97. The lowest BCUT2D eigenvalue weighted by molar-refractivity contribution is -0.141. The second-order valence-corrected chi connectivity index (χ2v) is 8.14. The lowest BCUT2D eigenvalue weighted by Crippen LogP contribution is -2.27. The van der Waals surface area contributed by atoms with Gasteiger partial charge in [-0.1, -0.05) is 23.7 Å². The predicted octanol–water partition coefficient (Wildman–Crippen LogP) is 5.49. The van der Waals surface area contributed by atoms with Gasteiger partial charge < -0.3 is 9.88 Å². The summed E-state index contributed by atoms with van der Waals surface area (Å²) in [5.41, 5.74) is 1.25. The van der Waals surface area contributed by atoms with Crippen molar-refractivity contribution in [2.75, 3.05) is 0 Å². The van der Waals surface area contributed by atoms with Gasteiger partial charge in [0, 0.05) is 30.4 Å². The molecule has 3 aromatic rings. The van der Waals surface area contributed by atoms with Crippen molar-refractivity contribution in [3.63, 3.8) is 0 Å². The van der Waals surface area contributed by atoms with Crippen molar-refractivity contribution in [3.05, 3.63) is 70.8 Å². The van der Waals surface area contributed by atoms with E-state index in [1.807, 2.05) is 60.3 Å². The number of halogens is 4. The minimum Gasteiger partial charge on any atom is -0.350 e. The summed E-state index contributed by atoms with van der Waals surface area (Å²) in [6.07, 6.45) is 0.857. The zero-order valence-electron chi connectivity index (χ0n) is 16.9. The van der Waals surface area contributed by atoms with Gasteiger partial charge in [-0.15, -0.1) is 0 Å². The summed E-state index contributed by atoms with van der Waals surface area (Å²) in [6, 6.07) is 11.4. The first-order valence-electron chi connectivity index (χ1n) is 10.1. The van der Waals surface area contributed by atoms with Crippen molar-refractivity contribution in [3.8, 4) is 5.69 Å². The molecule has 4 rings (SSSR count). The highest BCUT2D eigenvalue weighted by atomic mass is 35.5. The van der Waals surface area contributed by atoms with Crippen LogP contribution in [0.5, 0.6) is 0 Å². The zero-order chi connectivity index (χ0) is 22.2. The molecule has 1 aromatic carbocycles. The maximum Gasteiger partial charge on any atom is 0.436 e. The van der Waals surface area contributed by atoms with Gasteiger partial charge in [0.05, 0.1) is 23.3 Å². The summed E-state index contributed by atoms with van der Waals surface area (Å²) in [5, 5.41) is 6.22. The molecule has 2 heterocycles. The number of carbonyl (C=O) groups is 1. The van der Waals surface area contributed by atoms with Crippen molar-refractivity contribution in [2.24, 2.45) is 0 Å². The molecular formula is C22H22ClF3N4O. The van der Waals surface area contributed by atoms with Crippen LogP contribution in [0.15, 0.2) is 48.8 Å². The number of alkyl halides is 3. The second kappa shape index (κ2) is 8.42. The predicted molar refractivity (Wildman–Crippen MR) is 111 cm³/mol. The maximum atomic E-state index is 13.2. The largest absolute Gasteiger partial charge is 0.436 e. The van der Waals surface area contributed by atoms with Gasteiger partial charge in [-0.05, 0) is 49.6 Å². The van der Waals surface area contributed by atoms with Crippen LogP contribution >= 0.6 is 11.6 Å². The Bertz CT molecular complexity index is 1050. The third-order valence-electron chi connectivity index (χ3n) is 5.39. The molecule has 0 saturated heterocycles. The number of hydrogen-bond donors (Lipinski definition) is 1. The number of nitrogens with one attached hydrogen (secondary N) is 1. The molecule has 1 amide bonds. The molecule has 164 valence electrons. The van der Waals surface area contributed by atoms with E-state index in [-0.39, 0.29) is 35.9 Å². The Morgan fingerprint density at radius 2 is 1.87 bits per heavy atom. The summed E-state index contributed by atoms with van der Waals surface area (Å²) in [6.45, 7) is 1.91. The molecule has 31 heavy (non-hydrogen) atoms. The van der Waals surface area contributed by atoms with Gasteiger partial charge >= 0.3 is 6.18 Å². The average Bonchev–Trinajstić information content (AvgIpc) is 3.27. The average molecular weight is 451 g/mol. The minimum absolute atomic E-state index is 0.0147. The van der Waals surface area contributed by atoms with E-state index in [4.69, 9.17) is 11.6 Å². The number of nitrogens with zero attached hydrogens (tertiary/aromatic N) is 3. The second-order valence-electron chi connectivity index (χ2n) is 7.76. The SMILES string of the molecule is CC(NC(=O)CCn1nc(C(F)(F)F)c(Cl)c1C1CC1)c1ccc(-n2cccc2)cc1. The smallest absolute Gasteiger partial charge is 0.350 e. The van der Waals surface area contributed by atoms with Crippen LogP contribution in [0.1, 0.15) is 55.1 Å². The third kappa shape index (κ3) is 4.79. The highest BCUT2D eigenvalue weighted by Gasteiger charge is 2.42. The number of rotatable bonds is 7. The van der Waals surface area contributed by atoms with Crippen molar-refractivity contribution in [2.45, 2.75) is 50.9 Å². The van der Waals surface area contributed by atoms with E-state index in [2.05, 4.69) is 10.4 Å². The molecule has 1 aliphatic rings. The zero-order valence-corrected chi connectivity index (χ0v) is 17.6. The minimum atomic E-state index is -4.62. The van der Waals surface area contributed by atoms with Gasteiger partial charge in [0.15, 0.2) is 5.69 Å². The molecule has 0 aliphatic heterocycles. The number of hydrogen-bond acceptors (Lipinski definition) is 2. The lowest BCUT2D eigenvalue weighted by Gasteiger charge is -2.15. The van der Waals surface area contributed by atoms with E-state index in [1.54, 1.807) is 0 Å². The van der Waals surface area contributed by atoms with E-state index in [0.717, 1.165) is 24.1 Å². The first-order chi connectivity index (χ1) is 14.7. The lowest BCUT2D eigenvalue weighted by atomic mass is 10.1. The summed E-state index contributed by atoms with van der Waals surface area (Å²) in [4.78, 5) is 12.4. The standard InChI is InChI=1S/C22H22ClF3N4O/c1-14(15-6-8-17(9-7-15)29-11-2-3-12-29)27-18(31)10-13-30-20(16-4-5-16)19(23)21(28-30)22(24,25)26/h2-3,6-9,11-12,14,16H,4-5,10,13H2,1H3,(H,27,31). The first-order valence-corrected chi connectivity index (χ1v) is 10.5. The Kier molecular flexibility index (Phi) is 5.83. The molecule has 0 radical (unpaired) electrons. The van der Waals surface area contributed by atoms with Crippen LogP contribution in [0.2, 0.25) is 5.02 Å². The van der Waals surface area contributed by atoms with Crippen LogP contribution in [0.25, 0.3) is 5.69 Å². The van der Waals surface area contributed by atoms with Crippen LogP contribution in [-0.2, 0) is 17.5 Å². The number of aryl methyl sites for hydroxylation is 1. The van der Waals surface area contributed by atoms with E-state index in [0.29, 0.717) is 5.69 Å². The molecule has 0 bridgehead atoms. The fourth-order valence-corrected chi connectivity index (χ4v) is 3.99. The van der Waals surface area contributed by atoms with Gasteiger partial charge in [0.1, 0.15) is 0 Å². The van der Waals surface area contributed by atoms with E-state index < -0.39 is 11.9 Å². The fraction of sp³-hybridized carbons (Fsp3) is 0.364. The molecule has 0 spiro atoms. The van der Waals surface area contributed by atoms with E-state index in [9.17, 15) is 18.0 Å². The van der Waals surface area contributed by atoms with Gasteiger partial charge in [0.25, 0.3) is 0 Å². The highest BCUT2D eigenvalue weighted by Crippen LogP contribution is 2.46. The summed E-state index contributed by atoms with van der Waals surface area (Å²) < 4.78 is 42.7. The Hall–Kier alpha value is -2.74. The molecule has 1 unspecified atom stereocenters. The third-order valence-corrected chi connectivity index (χ3v) is 5.76. The fourth-order valence-electron chi connectivity index (χ4n) is 3.60. The van der Waals surface area contributed by atoms with Crippen molar-refractivity contribution in [1.82, 2.24) is 19.7 Å². The summed E-state index contributed by atoms with van der Waals surface area (Å²) in [5.74, 6) is -0.277. The number of carbonyl (C=O) groups excluding carboxylic acids is 1. The van der Waals surface area contributed by atoms with Gasteiger partial charge in [0.2, 0.25) is 5.91 Å². The van der Waals surface area contributed by atoms with E-state index in [1.165, 1.54) is 4.68 Å². The van der Waals surface area contributed by atoms with Crippen molar-refractivity contribution in [1.29, 1.82) is 0 Å². The summed E-state index contributed by atoms with van der Waals surface area (Å²) in [7, 11) is 0. The van der Waals surface area contributed by atoms with E-state index >= 15 is 0 Å². The van der Waals surface area contributed by atoms with Crippen molar-refractivity contribution >= 4 is 17.5 Å². The first kappa shape index (κ1) is 21.5. The number of amides is 1. The molecule has 1 N–H and O–H groups in total. The molecule has 2 aromatic heterocycles. The number of aromatic nitrogens is 3. The Balaban J connectivity index is 1.38. The molecule has 1 atom stereocenters. The highest BCUT2D eigenvalue weighted by molar-refractivity contribution is 6.32. The molecule has 9 heteroatoms. The van der Waals surface area contributed by atoms with Gasteiger partial charge in [-0.2, -0.15) is 18.3 Å². The molecule has 1 saturated carbocycles. The Morgan fingerprint density at radius 1 is 1.23 bits per heavy atom. The van der Waals surface area contributed by atoms with Gasteiger partial charge in [-0.3, -0.25) is 9.48 Å². The van der Waals surface area contributed by atoms with Crippen LogP contribution in [-0.4, -0.2) is 20.3 Å². The quantitative estimate of drug-likeness (QED) is 0.517. The molecular weight excluding hydrogens is 429 g/mol. The molecule has 5 nitrogen and oxygen atoms in total. The van der Waals surface area contributed by atoms with Crippen LogP contribution in [0.4, 0.5) is 13.2 Å². The van der Waals surface area contributed by atoms with Crippen LogP contribution in [0.3, 0.4) is 0 Å². The molecule has 1 aliphatic carbocycles. The Labute approximate surface area is 182 Å². The Morgan fingerprint density at radius 3 is 2.45 bits per heavy atom. The normalized spacial score (nSPS) is 15.1. The van der Waals surface area contributed by atoms with Gasteiger partial charge in [-0.25, -0.2) is 0 Å².